The van der Waals surface area contributed by atoms with Gasteiger partial charge in [-0.1, -0.05) is 13.3 Å². The van der Waals surface area contributed by atoms with Gasteiger partial charge in [0.05, 0.1) is 24.4 Å². The Labute approximate surface area is 115 Å². The molecule has 1 saturated heterocycles. The van der Waals surface area contributed by atoms with Crippen LogP contribution in [0.1, 0.15) is 43.5 Å². The van der Waals surface area contributed by atoms with E-state index >= 15 is 0 Å². The van der Waals surface area contributed by atoms with Crippen molar-refractivity contribution in [1.29, 1.82) is 0 Å². The van der Waals surface area contributed by atoms with Crippen molar-refractivity contribution in [2.45, 2.75) is 45.2 Å². The topological polar surface area (TPSA) is 56.3 Å². The van der Waals surface area contributed by atoms with Crippen molar-refractivity contribution in [2.24, 2.45) is 12.8 Å². The van der Waals surface area contributed by atoms with Crippen LogP contribution in [0, 0.1) is 6.92 Å². The van der Waals surface area contributed by atoms with E-state index in [0.29, 0.717) is 0 Å². The number of aryl methyl sites for hydroxylation is 2. The molecule has 0 aromatic carbocycles. The van der Waals surface area contributed by atoms with Gasteiger partial charge < -0.3 is 10.5 Å². The van der Waals surface area contributed by atoms with Crippen molar-refractivity contribution in [3.63, 3.8) is 0 Å². The molecule has 1 fully saturated rings. The number of likely N-dealkylation sites (N-methyl/N-ethyl adjacent to an activating group) is 1. The lowest BCUT2D eigenvalue weighted by molar-refractivity contribution is 0.190. The standard InChI is InChI=1S/C14H26N4O/c1-5-18-9-7-6-8-11(15)13(18)12-10(2)16-17(3)14(12)19-4/h11,13H,5-9,15H2,1-4H3. The number of rotatable bonds is 3. The van der Waals surface area contributed by atoms with Crippen LogP contribution < -0.4 is 10.5 Å². The summed E-state index contributed by atoms with van der Waals surface area (Å²) >= 11 is 0. The molecule has 0 amide bonds. The molecule has 2 heterocycles. The number of aromatic nitrogens is 2. The highest BCUT2D eigenvalue weighted by Gasteiger charge is 2.33. The molecule has 1 aliphatic rings. The van der Waals surface area contributed by atoms with E-state index in [0.717, 1.165) is 31.1 Å². The quantitative estimate of drug-likeness (QED) is 0.903. The highest BCUT2D eigenvalue weighted by Crippen LogP contribution is 2.36. The van der Waals surface area contributed by atoms with Gasteiger partial charge in [-0.15, -0.1) is 0 Å². The number of hydrogen-bond acceptors (Lipinski definition) is 4. The SMILES string of the molecule is CCN1CCCCC(N)C1c1c(C)nn(C)c1OC. The zero-order valence-corrected chi connectivity index (χ0v) is 12.5. The van der Waals surface area contributed by atoms with Gasteiger partial charge in [0.2, 0.25) is 5.88 Å². The molecule has 2 rings (SSSR count). The third-order valence-corrected chi connectivity index (χ3v) is 4.14. The van der Waals surface area contributed by atoms with E-state index in [2.05, 4.69) is 16.9 Å². The molecule has 1 aromatic heterocycles. The largest absolute Gasteiger partial charge is 0.481 e. The van der Waals surface area contributed by atoms with Crippen molar-refractivity contribution in [3.05, 3.63) is 11.3 Å². The van der Waals surface area contributed by atoms with Crippen molar-refractivity contribution in [1.82, 2.24) is 14.7 Å². The smallest absolute Gasteiger partial charge is 0.216 e. The maximum Gasteiger partial charge on any atom is 0.216 e. The average Bonchev–Trinajstić information content (AvgIpc) is 2.55. The Morgan fingerprint density at radius 1 is 1.42 bits per heavy atom. The predicted molar refractivity (Wildman–Crippen MR) is 76.3 cm³/mol. The van der Waals surface area contributed by atoms with Crippen molar-refractivity contribution < 1.29 is 4.74 Å². The first-order chi connectivity index (χ1) is 9.10. The normalized spacial score (nSPS) is 25.3. The summed E-state index contributed by atoms with van der Waals surface area (Å²) in [4.78, 5) is 2.46. The van der Waals surface area contributed by atoms with Gasteiger partial charge in [-0.05, 0) is 32.9 Å². The molecule has 0 bridgehead atoms. The molecule has 0 radical (unpaired) electrons. The Bertz CT molecular complexity index is 429. The maximum absolute atomic E-state index is 6.44. The highest BCUT2D eigenvalue weighted by molar-refractivity contribution is 5.35. The number of nitrogens with zero attached hydrogens (tertiary/aromatic N) is 3. The summed E-state index contributed by atoms with van der Waals surface area (Å²) in [5.41, 5.74) is 8.64. The predicted octanol–water partition coefficient (Wildman–Crippen LogP) is 1.61. The molecule has 5 nitrogen and oxygen atoms in total. The molecule has 0 spiro atoms. The van der Waals surface area contributed by atoms with Gasteiger partial charge in [-0.3, -0.25) is 4.90 Å². The summed E-state index contributed by atoms with van der Waals surface area (Å²) in [6.07, 6.45) is 3.49. The van der Waals surface area contributed by atoms with Crippen molar-refractivity contribution in [3.8, 4) is 5.88 Å². The fourth-order valence-electron chi connectivity index (χ4n) is 3.25. The number of nitrogens with two attached hydrogens (primary N) is 1. The fraction of sp³-hybridized carbons (Fsp3) is 0.786. The van der Waals surface area contributed by atoms with E-state index in [9.17, 15) is 0 Å². The Hall–Kier alpha value is -1.07. The molecule has 2 unspecified atom stereocenters. The van der Waals surface area contributed by atoms with Crippen LogP contribution in [0.5, 0.6) is 5.88 Å². The second-order valence-corrected chi connectivity index (χ2v) is 5.37. The first-order valence-electron chi connectivity index (χ1n) is 7.17. The summed E-state index contributed by atoms with van der Waals surface area (Å²) in [6.45, 7) is 6.36. The first kappa shape index (κ1) is 14.3. The summed E-state index contributed by atoms with van der Waals surface area (Å²) < 4.78 is 7.37. The van der Waals surface area contributed by atoms with E-state index < -0.39 is 0 Å². The minimum atomic E-state index is 0.152. The molecule has 2 atom stereocenters. The molecule has 5 heteroatoms. The third kappa shape index (κ3) is 2.62. The lowest BCUT2D eigenvalue weighted by atomic mass is 9.96. The zero-order valence-electron chi connectivity index (χ0n) is 12.5. The number of ether oxygens (including phenoxy) is 1. The van der Waals surface area contributed by atoms with E-state index in [1.165, 1.54) is 18.4 Å². The lowest BCUT2D eigenvalue weighted by Gasteiger charge is -2.32. The summed E-state index contributed by atoms with van der Waals surface area (Å²) in [7, 11) is 3.63. The summed E-state index contributed by atoms with van der Waals surface area (Å²) in [5, 5.41) is 4.50. The van der Waals surface area contributed by atoms with Crippen LogP contribution >= 0.6 is 0 Å². The van der Waals surface area contributed by atoms with E-state index in [1.807, 2.05) is 18.7 Å². The molecule has 108 valence electrons. The summed E-state index contributed by atoms with van der Waals surface area (Å²) in [5.74, 6) is 0.846. The molecule has 19 heavy (non-hydrogen) atoms. The number of methoxy groups -OCH3 is 1. The number of hydrogen-bond donors (Lipinski definition) is 1. The second kappa shape index (κ2) is 5.92. The molecular weight excluding hydrogens is 240 g/mol. The van der Waals surface area contributed by atoms with Crippen LogP contribution in [0.15, 0.2) is 0 Å². The molecule has 1 aliphatic heterocycles. The monoisotopic (exact) mass is 266 g/mol. The van der Waals surface area contributed by atoms with Crippen LogP contribution in [-0.2, 0) is 7.05 Å². The van der Waals surface area contributed by atoms with Crippen LogP contribution in [0.3, 0.4) is 0 Å². The molecule has 0 saturated carbocycles. The number of likely N-dealkylation sites (tertiary alicyclic amines) is 1. The van der Waals surface area contributed by atoms with Gasteiger partial charge >= 0.3 is 0 Å². The van der Waals surface area contributed by atoms with Gasteiger partial charge in [0, 0.05) is 13.1 Å². The van der Waals surface area contributed by atoms with Crippen LogP contribution in [-0.4, -0.2) is 40.9 Å². The van der Waals surface area contributed by atoms with Crippen LogP contribution in [0.4, 0.5) is 0 Å². The maximum atomic E-state index is 6.44. The Kier molecular flexibility index (Phi) is 4.47. The van der Waals surface area contributed by atoms with E-state index in [4.69, 9.17) is 10.5 Å². The van der Waals surface area contributed by atoms with Gasteiger partial charge in [0.15, 0.2) is 0 Å². The van der Waals surface area contributed by atoms with Gasteiger partial charge in [0.25, 0.3) is 0 Å². The molecule has 0 aliphatic carbocycles. The molecule has 1 aromatic rings. The van der Waals surface area contributed by atoms with Gasteiger partial charge in [-0.2, -0.15) is 5.10 Å². The van der Waals surface area contributed by atoms with E-state index in [-0.39, 0.29) is 12.1 Å². The van der Waals surface area contributed by atoms with E-state index in [1.54, 1.807) is 7.11 Å². The molecular formula is C14H26N4O. The average molecular weight is 266 g/mol. The minimum Gasteiger partial charge on any atom is -0.481 e. The fourth-order valence-corrected chi connectivity index (χ4v) is 3.25. The minimum absolute atomic E-state index is 0.152. The lowest BCUT2D eigenvalue weighted by Crippen LogP contribution is -2.40. The Morgan fingerprint density at radius 2 is 2.16 bits per heavy atom. The third-order valence-electron chi connectivity index (χ3n) is 4.14. The van der Waals surface area contributed by atoms with Gasteiger partial charge in [0.1, 0.15) is 0 Å². The van der Waals surface area contributed by atoms with Crippen LogP contribution in [0.25, 0.3) is 0 Å². The van der Waals surface area contributed by atoms with Crippen molar-refractivity contribution in [2.75, 3.05) is 20.2 Å². The van der Waals surface area contributed by atoms with Crippen LogP contribution in [0.2, 0.25) is 0 Å². The molecule has 2 N–H and O–H groups in total. The second-order valence-electron chi connectivity index (χ2n) is 5.37. The first-order valence-corrected chi connectivity index (χ1v) is 7.17. The zero-order chi connectivity index (χ0) is 14.0. The van der Waals surface area contributed by atoms with Gasteiger partial charge in [-0.25, -0.2) is 4.68 Å². The summed E-state index contributed by atoms with van der Waals surface area (Å²) in [6, 6.07) is 0.371. The van der Waals surface area contributed by atoms with Crippen molar-refractivity contribution >= 4 is 0 Å². The Balaban J connectivity index is 2.46. The highest BCUT2D eigenvalue weighted by atomic mass is 16.5. The Morgan fingerprint density at radius 3 is 2.79 bits per heavy atom.